The molecule has 1 aliphatic rings. The van der Waals surface area contributed by atoms with Gasteiger partial charge in [-0.15, -0.1) is 0 Å². The number of thiazole rings is 1. The van der Waals surface area contributed by atoms with Crippen LogP contribution in [-0.4, -0.2) is 10.9 Å². The molecule has 2 aromatic rings. The van der Waals surface area contributed by atoms with Gasteiger partial charge in [0, 0.05) is 6.92 Å². The molecule has 0 aliphatic heterocycles. The maximum Gasteiger partial charge on any atom is 0.223 e. The van der Waals surface area contributed by atoms with E-state index in [9.17, 15) is 4.79 Å². The highest BCUT2D eigenvalue weighted by atomic mass is 32.1. The maximum absolute atomic E-state index is 11.1. The number of allylic oxidation sites excluding steroid dienone is 8. The van der Waals surface area contributed by atoms with Crippen LogP contribution in [0.15, 0.2) is 60.7 Å². The summed E-state index contributed by atoms with van der Waals surface area (Å²) < 4.78 is 1.06. The summed E-state index contributed by atoms with van der Waals surface area (Å²) in [5.41, 5.74) is 3.18. The second kappa shape index (κ2) is 5.89. The first-order valence-corrected chi connectivity index (χ1v) is 7.44. The van der Waals surface area contributed by atoms with E-state index in [4.69, 9.17) is 0 Å². The van der Waals surface area contributed by atoms with Gasteiger partial charge in [-0.25, -0.2) is 4.98 Å². The number of benzene rings is 1. The molecule has 1 aromatic heterocycles. The van der Waals surface area contributed by atoms with Gasteiger partial charge in [-0.2, -0.15) is 0 Å². The normalized spacial score (nSPS) is 13.9. The second-order valence-electron chi connectivity index (χ2n) is 4.63. The van der Waals surface area contributed by atoms with Crippen LogP contribution in [-0.2, 0) is 4.79 Å². The molecule has 4 heteroatoms. The van der Waals surface area contributed by atoms with Gasteiger partial charge in [-0.05, 0) is 23.3 Å². The largest absolute Gasteiger partial charge is 0.302 e. The van der Waals surface area contributed by atoms with E-state index >= 15 is 0 Å². The van der Waals surface area contributed by atoms with Crippen LogP contribution in [0.1, 0.15) is 12.5 Å². The molecule has 0 atom stereocenters. The fourth-order valence-corrected chi connectivity index (χ4v) is 3.02. The standard InChI is InChI=1S/C17H14N2OS/c1-12(20)18-17-19-15-10-9-14(11-16(15)21-17)13-7-5-3-2-4-6-8-13/h2-11H,1H3,(H,18,19,20). The summed E-state index contributed by atoms with van der Waals surface area (Å²) in [6, 6.07) is 6.14. The predicted octanol–water partition coefficient (Wildman–Crippen LogP) is 4.32. The van der Waals surface area contributed by atoms with Gasteiger partial charge in [0.25, 0.3) is 0 Å². The molecule has 1 N–H and O–H groups in total. The zero-order valence-electron chi connectivity index (χ0n) is 11.5. The number of nitrogens with zero attached hydrogens (tertiary/aromatic N) is 1. The van der Waals surface area contributed by atoms with Crippen molar-refractivity contribution in [1.82, 2.24) is 4.98 Å². The van der Waals surface area contributed by atoms with Crippen LogP contribution in [0.3, 0.4) is 0 Å². The maximum atomic E-state index is 11.1. The van der Waals surface area contributed by atoms with Gasteiger partial charge in [0.05, 0.1) is 10.2 Å². The monoisotopic (exact) mass is 294 g/mol. The van der Waals surface area contributed by atoms with E-state index in [2.05, 4.69) is 34.6 Å². The minimum atomic E-state index is -0.100. The van der Waals surface area contributed by atoms with Gasteiger partial charge in [-0.3, -0.25) is 4.79 Å². The first-order chi connectivity index (χ1) is 10.2. The molecule has 1 aromatic carbocycles. The highest BCUT2D eigenvalue weighted by Crippen LogP contribution is 2.29. The highest BCUT2D eigenvalue weighted by Gasteiger charge is 2.07. The molecule has 3 nitrogen and oxygen atoms in total. The molecule has 1 aliphatic carbocycles. The van der Waals surface area contributed by atoms with E-state index in [1.165, 1.54) is 18.3 Å². The summed E-state index contributed by atoms with van der Waals surface area (Å²) in [7, 11) is 0. The molecule has 0 bridgehead atoms. The second-order valence-corrected chi connectivity index (χ2v) is 5.66. The number of hydrogen-bond donors (Lipinski definition) is 1. The van der Waals surface area contributed by atoms with Crippen molar-refractivity contribution in [3.8, 4) is 0 Å². The number of aromatic nitrogens is 1. The lowest BCUT2D eigenvalue weighted by Crippen LogP contribution is -2.04. The topological polar surface area (TPSA) is 42.0 Å². The van der Waals surface area contributed by atoms with Crippen molar-refractivity contribution in [1.29, 1.82) is 0 Å². The zero-order chi connectivity index (χ0) is 14.7. The van der Waals surface area contributed by atoms with E-state index < -0.39 is 0 Å². The molecule has 3 rings (SSSR count). The van der Waals surface area contributed by atoms with Gasteiger partial charge in [0.15, 0.2) is 5.13 Å². The third-order valence-electron chi connectivity index (χ3n) is 3.00. The SMILES string of the molecule is CC(=O)Nc1nc2ccc(C3=CC=CC=CC=C3)cc2s1. The van der Waals surface area contributed by atoms with Crippen molar-refractivity contribution in [2.45, 2.75) is 6.92 Å². The lowest BCUT2D eigenvalue weighted by Gasteiger charge is -2.02. The summed E-state index contributed by atoms with van der Waals surface area (Å²) in [6.07, 6.45) is 14.2. The number of carbonyl (C=O) groups excluding carboxylic acids is 1. The van der Waals surface area contributed by atoms with Gasteiger partial charge < -0.3 is 5.32 Å². The van der Waals surface area contributed by atoms with Crippen LogP contribution in [0, 0.1) is 0 Å². The van der Waals surface area contributed by atoms with Crippen molar-refractivity contribution < 1.29 is 4.79 Å². The molecule has 0 radical (unpaired) electrons. The Kier molecular flexibility index (Phi) is 3.79. The van der Waals surface area contributed by atoms with Gasteiger partial charge in [-0.1, -0.05) is 59.9 Å². The smallest absolute Gasteiger partial charge is 0.223 e. The lowest BCUT2D eigenvalue weighted by atomic mass is 10.0. The molecular weight excluding hydrogens is 280 g/mol. The Bertz CT molecular complexity index is 809. The van der Waals surface area contributed by atoms with E-state index in [-0.39, 0.29) is 5.91 Å². The fraction of sp³-hybridized carbons (Fsp3) is 0.0588. The first kappa shape index (κ1) is 13.5. The van der Waals surface area contributed by atoms with Gasteiger partial charge in [0.2, 0.25) is 5.91 Å². The van der Waals surface area contributed by atoms with E-state index in [0.717, 1.165) is 21.4 Å². The van der Waals surface area contributed by atoms with Crippen LogP contribution < -0.4 is 5.32 Å². The number of hydrogen-bond acceptors (Lipinski definition) is 3. The van der Waals surface area contributed by atoms with Crippen molar-refractivity contribution in [2.24, 2.45) is 0 Å². The summed E-state index contributed by atoms with van der Waals surface area (Å²) >= 11 is 1.49. The van der Waals surface area contributed by atoms with Crippen LogP contribution in [0.2, 0.25) is 0 Å². The zero-order valence-corrected chi connectivity index (χ0v) is 12.4. The number of nitrogens with one attached hydrogen (secondary N) is 1. The number of rotatable bonds is 2. The summed E-state index contributed by atoms with van der Waals surface area (Å²) in [5, 5.41) is 3.37. The molecule has 21 heavy (non-hydrogen) atoms. The predicted molar refractivity (Wildman–Crippen MR) is 89.3 cm³/mol. The molecular formula is C17H14N2OS. The molecule has 104 valence electrons. The van der Waals surface area contributed by atoms with Gasteiger partial charge in [0.1, 0.15) is 0 Å². The molecule has 0 spiro atoms. The minimum Gasteiger partial charge on any atom is -0.302 e. The third kappa shape index (κ3) is 3.17. The Morgan fingerprint density at radius 1 is 1.14 bits per heavy atom. The number of anilines is 1. The van der Waals surface area contributed by atoms with E-state index in [0.29, 0.717) is 5.13 Å². The summed E-state index contributed by atoms with van der Waals surface area (Å²) in [6.45, 7) is 1.49. The van der Waals surface area contributed by atoms with E-state index in [1.54, 1.807) is 0 Å². The third-order valence-corrected chi connectivity index (χ3v) is 3.93. The number of carbonyl (C=O) groups is 1. The van der Waals surface area contributed by atoms with Crippen LogP contribution in [0.25, 0.3) is 15.8 Å². The lowest BCUT2D eigenvalue weighted by molar-refractivity contribution is -0.114. The first-order valence-electron chi connectivity index (χ1n) is 6.62. The van der Waals surface area contributed by atoms with Crippen LogP contribution in [0.5, 0.6) is 0 Å². The number of fused-ring (bicyclic) bond motifs is 1. The molecule has 0 fully saturated rings. The Hall–Kier alpha value is -2.46. The minimum absolute atomic E-state index is 0.100. The van der Waals surface area contributed by atoms with Crippen LogP contribution >= 0.6 is 11.3 Å². The van der Waals surface area contributed by atoms with Crippen molar-refractivity contribution in [2.75, 3.05) is 5.32 Å². The average Bonchev–Trinajstić information content (AvgIpc) is 2.78. The average molecular weight is 294 g/mol. The van der Waals surface area contributed by atoms with Crippen molar-refractivity contribution >= 4 is 38.2 Å². The summed E-state index contributed by atoms with van der Waals surface area (Å²) in [5.74, 6) is -0.100. The highest BCUT2D eigenvalue weighted by molar-refractivity contribution is 7.22. The summed E-state index contributed by atoms with van der Waals surface area (Å²) in [4.78, 5) is 15.5. The Morgan fingerprint density at radius 2 is 1.95 bits per heavy atom. The quantitative estimate of drug-likeness (QED) is 0.896. The molecule has 0 saturated heterocycles. The van der Waals surface area contributed by atoms with Crippen molar-refractivity contribution in [3.05, 3.63) is 66.3 Å². The van der Waals surface area contributed by atoms with E-state index in [1.807, 2.05) is 36.4 Å². The molecule has 1 heterocycles. The molecule has 1 amide bonds. The molecule has 0 unspecified atom stereocenters. The van der Waals surface area contributed by atoms with Crippen molar-refractivity contribution in [3.63, 3.8) is 0 Å². The fourth-order valence-electron chi connectivity index (χ4n) is 2.07. The van der Waals surface area contributed by atoms with Crippen LogP contribution in [0.4, 0.5) is 5.13 Å². The molecule has 0 saturated carbocycles. The Morgan fingerprint density at radius 3 is 2.81 bits per heavy atom. The van der Waals surface area contributed by atoms with Gasteiger partial charge >= 0.3 is 0 Å². The Balaban J connectivity index is 1.98. The Labute approximate surface area is 127 Å². The number of amides is 1.